The van der Waals surface area contributed by atoms with Crippen LogP contribution in [0.15, 0.2) is 30.3 Å². The van der Waals surface area contributed by atoms with Crippen LogP contribution in [0.4, 0.5) is 0 Å². The summed E-state index contributed by atoms with van der Waals surface area (Å²) in [4.78, 5) is 14.6. The minimum absolute atomic E-state index is 0.0219. The van der Waals surface area contributed by atoms with Gasteiger partial charge >= 0.3 is 0 Å². The lowest BCUT2D eigenvalue weighted by atomic mass is 9.98. The minimum Gasteiger partial charge on any atom is -0.351 e. The second kappa shape index (κ2) is 10.4. The first kappa shape index (κ1) is 23.4. The fourth-order valence-electron chi connectivity index (χ4n) is 4.08. The molecule has 170 valence electrons. The molecule has 8 nitrogen and oxygen atoms in total. The SMILES string of the molecule is Cc1nn(Cc2ccccc2)c(C)c1CNC(=O)CN1CCCC(CNS(C)(=O)=O)C1. The van der Waals surface area contributed by atoms with Crippen LogP contribution < -0.4 is 10.0 Å². The van der Waals surface area contributed by atoms with E-state index in [1.54, 1.807) is 0 Å². The normalized spacial score (nSPS) is 17.6. The standard InChI is InChI=1S/C22H33N5O3S/c1-17-21(18(2)27(25-17)15-19-8-5-4-6-9-19)13-23-22(28)16-26-11-7-10-20(14-26)12-24-31(3,29)30/h4-6,8-9,20,24H,7,10-16H2,1-3H3,(H,23,28). The molecule has 1 aromatic carbocycles. The smallest absolute Gasteiger partial charge is 0.234 e. The van der Waals surface area contributed by atoms with Crippen molar-refractivity contribution in [2.45, 2.75) is 39.8 Å². The lowest BCUT2D eigenvalue weighted by molar-refractivity contribution is -0.122. The number of piperidine rings is 1. The third-order valence-corrected chi connectivity index (χ3v) is 6.46. The van der Waals surface area contributed by atoms with E-state index in [0.29, 0.717) is 26.2 Å². The number of sulfonamides is 1. The number of benzene rings is 1. The van der Waals surface area contributed by atoms with Crippen LogP contribution in [0.3, 0.4) is 0 Å². The molecular weight excluding hydrogens is 414 g/mol. The first-order valence-electron chi connectivity index (χ1n) is 10.7. The Kier molecular flexibility index (Phi) is 7.85. The quantitative estimate of drug-likeness (QED) is 0.606. The third-order valence-electron chi connectivity index (χ3n) is 5.77. The molecule has 1 saturated heterocycles. The molecule has 2 heterocycles. The van der Waals surface area contributed by atoms with Gasteiger partial charge in [0.2, 0.25) is 15.9 Å². The van der Waals surface area contributed by atoms with Gasteiger partial charge in [-0.3, -0.25) is 14.4 Å². The molecule has 9 heteroatoms. The predicted molar refractivity (Wildman–Crippen MR) is 121 cm³/mol. The molecule has 0 bridgehead atoms. The van der Waals surface area contributed by atoms with Gasteiger partial charge in [-0.25, -0.2) is 13.1 Å². The second-order valence-corrected chi connectivity index (χ2v) is 10.3. The van der Waals surface area contributed by atoms with Gasteiger partial charge in [-0.1, -0.05) is 30.3 Å². The number of hydrogen-bond acceptors (Lipinski definition) is 5. The molecule has 2 aromatic rings. The van der Waals surface area contributed by atoms with Gasteiger partial charge < -0.3 is 5.32 Å². The number of nitrogens with one attached hydrogen (secondary N) is 2. The van der Waals surface area contributed by atoms with E-state index in [4.69, 9.17) is 0 Å². The first-order chi connectivity index (χ1) is 14.7. The Morgan fingerprint density at radius 2 is 1.97 bits per heavy atom. The summed E-state index contributed by atoms with van der Waals surface area (Å²) in [6, 6.07) is 10.2. The van der Waals surface area contributed by atoms with Crippen molar-refractivity contribution in [1.82, 2.24) is 24.7 Å². The monoisotopic (exact) mass is 447 g/mol. The number of aryl methyl sites for hydroxylation is 1. The van der Waals surface area contributed by atoms with E-state index in [0.717, 1.165) is 42.9 Å². The van der Waals surface area contributed by atoms with Crippen LogP contribution in [0, 0.1) is 19.8 Å². The molecule has 1 amide bonds. The van der Waals surface area contributed by atoms with Crippen molar-refractivity contribution in [3.8, 4) is 0 Å². The molecule has 0 radical (unpaired) electrons. The lowest BCUT2D eigenvalue weighted by Gasteiger charge is -2.32. The molecule has 1 aliphatic rings. The highest BCUT2D eigenvalue weighted by atomic mass is 32.2. The summed E-state index contributed by atoms with van der Waals surface area (Å²) in [6.07, 6.45) is 3.11. The van der Waals surface area contributed by atoms with Gasteiger partial charge in [0.15, 0.2) is 0 Å². The molecule has 1 aromatic heterocycles. The number of likely N-dealkylation sites (tertiary alicyclic amines) is 1. The topological polar surface area (TPSA) is 96.3 Å². The summed E-state index contributed by atoms with van der Waals surface area (Å²) in [5.41, 5.74) is 4.23. The number of carbonyl (C=O) groups excluding carboxylic acids is 1. The van der Waals surface area contributed by atoms with Gasteiger partial charge in [-0.15, -0.1) is 0 Å². The summed E-state index contributed by atoms with van der Waals surface area (Å²) in [5.74, 6) is 0.211. The third kappa shape index (κ3) is 7.15. The number of hydrogen-bond donors (Lipinski definition) is 2. The van der Waals surface area contributed by atoms with E-state index in [1.165, 1.54) is 11.8 Å². The molecule has 2 N–H and O–H groups in total. The molecule has 1 atom stereocenters. The highest BCUT2D eigenvalue weighted by Crippen LogP contribution is 2.17. The summed E-state index contributed by atoms with van der Waals surface area (Å²) < 4.78 is 27.2. The summed E-state index contributed by atoms with van der Waals surface area (Å²) in [7, 11) is -3.19. The fraction of sp³-hybridized carbons (Fsp3) is 0.545. The van der Waals surface area contributed by atoms with Gasteiger partial charge in [0.25, 0.3) is 0 Å². The predicted octanol–water partition coefficient (Wildman–Crippen LogP) is 1.43. The van der Waals surface area contributed by atoms with Crippen molar-refractivity contribution in [1.29, 1.82) is 0 Å². The zero-order valence-electron chi connectivity index (χ0n) is 18.6. The number of nitrogens with zero attached hydrogens (tertiary/aromatic N) is 3. The van der Waals surface area contributed by atoms with Crippen LogP contribution in [0.5, 0.6) is 0 Å². The molecule has 0 saturated carbocycles. The first-order valence-corrected chi connectivity index (χ1v) is 12.6. The van der Waals surface area contributed by atoms with Crippen LogP contribution in [0.25, 0.3) is 0 Å². The maximum atomic E-state index is 12.5. The zero-order chi connectivity index (χ0) is 22.4. The highest BCUT2D eigenvalue weighted by molar-refractivity contribution is 7.88. The van der Waals surface area contributed by atoms with Crippen LogP contribution >= 0.6 is 0 Å². The van der Waals surface area contributed by atoms with E-state index < -0.39 is 10.0 Å². The van der Waals surface area contributed by atoms with Crippen molar-refractivity contribution >= 4 is 15.9 Å². The Labute approximate surface area is 185 Å². The van der Waals surface area contributed by atoms with Gasteiger partial charge in [-0.05, 0) is 44.7 Å². The van der Waals surface area contributed by atoms with E-state index in [9.17, 15) is 13.2 Å². The number of rotatable bonds is 9. The largest absolute Gasteiger partial charge is 0.351 e. The summed E-state index contributed by atoms with van der Waals surface area (Å²) in [5, 5.41) is 7.68. The van der Waals surface area contributed by atoms with Crippen molar-refractivity contribution < 1.29 is 13.2 Å². The molecule has 1 fully saturated rings. The van der Waals surface area contributed by atoms with Gasteiger partial charge in [0.05, 0.1) is 25.0 Å². The Hall–Kier alpha value is -2.23. The van der Waals surface area contributed by atoms with E-state index in [2.05, 4.69) is 32.2 Å². The number of carbonyl (C=O) groups is 1. The molecule has 0 spiro atoms. The molecule has 3 rings (SSSR count). The van der Waals surface area contributed by atoms with E-state index in [1.807, 2.05) is 36.7 Å². The van der Waals surface area contributed by atoms with Crippen LogP contribution in [0.2, 0.25) is 0 Å². The van der Waals surface area contributed by atoms with Crippen molar-refractivity contribution in [3.63, 3.8) is 0 Å². The number of aromatic nitrogens is 2. The second-order valence-electron chi connectivity index (χ2n) is 8.43. The van der Waals surface area contributed by atoms with Gasteiger partial charge in [0.1, 0.15) is 0 Å². The summed E-state index contributed by atoms with van der Waals surface area (Å²) >= 11 is 0. The number of amides is 1. The van der Waals surface area contributed by atoms with Gasteiger partial charge in [-0.2, -0.15) is 5.10 Å². The Morgan fingerprint density at radius 3 is 2.68 bits per heavy atom. The minimum atomic E-state index is -3.19. The van der Waals surface area contributed by atoms with Gasteiger partial charge in [0, 0.05) is 30.9 Å². The Bertz CT molecular complexity index is 988. The Balaban J connectivity index is 1.50. The molecule has 1 aliphatic heterocycles. The molecule has 1 unspecified atom stereocenters. The average Bonchev–Trinajstić information content (AvgIpc) is 2.98. The molecule has 31 heavy (non-hydrogen) atoms. The van der Waals surface area contributed by atoms with E-state index in [-0.39, 0.29) is 11.8 Å². The van der Waals surface area contributed by atoms with Crippen LogP contribution in [0.1, 0.15) is 35.4 Å². The van der Waals surface area contributed by atoms with Crippen LogP contribution in [-0.2, 0) is 27.9 Å². The van der Waals surface area contributed by atoms with Crippen molar-refractivity contribution in [3.05, 3.63) is 52.8 Å². The molecule has 0 aliphatic carbocycles. The van der Waals surface area contributed by atoms with Crippen molar-refractivity contribution in [2.75, 3.05) is 32.4 Å². The maximum absolute atomic E-state index is 12.5. The highest BCUT2D eigenvalue weighted by Gasteiger charge is 2.22. The zero-order valence-corrected chi connectivity index (χ0v) is 19.4. The van der Waals surface area contributed by atoms with E-state index >= 15 is 0 Å². The average molecular weight is 448 g/mol. The lowest BCUT2D eigenvalue weighted by Crippen LogP contribution is -2.45. The summed E-state index contributed by atoms with van der Waals surface area (Å²) in [6.45, 7) is 7.51. The fourth-order valence-corrected chi connectivity index (χ4v) is 4.62. The molecular formula is C22H33N5O3S. The maximum Gasteiger partial charge on any atom is 0.234 e. The van der Waals surface area contributed by atoms with Crippen LogP contribution in [-0.4, -0.2) is 61.4 Å². The Morgan fingerprint density at radius 1 is 1.23 bits per heavy atom. The van der Waals surface area contributed by atoms with Crippen molar-refractivity contribution in [2.24, 2.45) is 5.92 Å².